The van der Waals surface area contributed by atoms with E-state index in [0.717, 1.165) is 18.4 Å². The van der Waals surface area contributed by atoms with Gasteiger partial charge in [-0.05, 0) is 18.1 Å². The van der Waals surface area contributed by atoms with E-state index < -0.39 is 0 Å². The SMILES string of the molecule is O=C(c1c[nH]c(=O)cn1)N1CC2(COc3ccccc3C2)C1. The highest BCUT2D eigenvalue weighted by molar-refractivity contribution is 5.92. The zero-order valence-corrected chi connectivity index (χ0v) is 11.9. The van der Waals surface area contributed by atoms with Gasteiger partial charge in [0.2, 0.25) is 0 Å². The van der Waals surface area contributed by atoms with Crippen LogP contribution in [0.2, 0.25) is 0 Å². The van der Waals surface area contributed by atoms with Crippen LogP contribution in [-0.2, 0) is 6.42 Å². The zero-order chi connectivity index (χ0) is 15.2. The largest absolute Gasteiger partial charge is 0.493 e. The average molecular weight is 297 g/mol. The topological polar surface area (TPSA) is 75.3 Å². The minimum atomic E-state index is -0.311. The second kappa shape index (κ2) is 4.69. The number of hydrogen-bond donors (Lipinski definition) is 1. The first-order valence-electron chi connectivity index (χ1n) is 7.20. The minimum Gasteiger partial charge on any atom is -0.493 e. The molecule has 0 aliphatic carbocycles. The summed E-state index contributed by atoms with van der Waals surface area (Å²) in [6.45, 7) is 1.94. The van der Waals surface area contributed by atoms with E-state index in [9.17, 15) is 9.59 Å². The van der Waals surface area contributed by atoms with Crippen LogP contribution in [0.1, 0.15) is 16.1 Å². The second-order valence-electron chi connectivity index (χ2n) is 6.03. The molecule has 2 aromatic rings. The maximum atomic E-state index is 12.3. The summed E-state index contributed by atoms with van der Waals surface area (Å²) in [6.07, 6.45) is 3.41. The zero-order valence-electron chi connectivity index (χ0n) is 11.9. The number of nitrogens with one attached hydrogen (secondary N) is 1. The van der Waals surface area contributed by atoms with Gasteiger partial charge in [-0.1, -0.05) is 18.2 Å². The molecule has 1 fully saturated rings. The molecular weight excluding hydrogens is 282 g/mol. The number of para-hydroxylation sites is 1. The summed E-state index contributed by atoms with van der Waals surface area (Å²) in [7, 11) is 0. The molecule has 0 unspecified atom stereocenters. The van der Waals surface area contributed by atoms with Crippen LogP contribution < -0.4 is 10.3 Å². The smallest absolute Gasteiger partial charge is 0.274 e. The molecule has 0 atom stereocenters. The van der Waals surface area contributed by atoms with Crippen molar-refractivity contribution in [1.29, 1.82) is 0 Å². The molecule has 22 heavy (non-hydrogen) atoms. The number of aromatic nitrogens is 2. The maximum Gasteiger partial charge on any atom is 0.274 e. The third kappa shape index (κ3) is 2.07. The van der Waals surface area contributed by atoms with E-state index in [1.807, 2.05) is 18.2 Å². The number of rotatable bonds is 1. The van der Waals surface area contributed by atoms with Crippen molar-refractivity contribution in [2.75, 3.05) is 19.7 Å². The first kappa shape index (κ1) is 13.1. The lowest BCUT2D eigenvalue weighted by Gasteiger charge is -2.51. The summed E-state index contributed by atoms with van der Waals surface area (Å²) < 4.78 is 5.83. The van der Waals surface area contributed by atoms with Crippen LogP contribution in [-0.4, -0.2) is 40.5 Å². The van der Waals surface area contributed by atoms with Crippen LogP contribution in [0.5, 0.6) is 5.75 Å². The van der Waals surface area contributed by atoms with E-state index in [0.29, 0.717) is 19.7 Å². The maximum absolute atomic E-state index is 12.3. The van der Waals surface area contributed by atoms with E-state index in [-0.39, 0.29) is 22.6 Å². The van der Waals surface area contributed by atoms with Crippen LogP contribution in [0.15, 0.2) is 41.5 Å². The molecule has 0 radical (unpaired) electrons. The Hall–Kier alpha value is -2.63. The third-order valence-corrected chi connectivity index (χ3v) is 4.30. The Morgan fingerprint density at radius 1 is 1.32 bits per heavy atom. The average Bonchev–Trinajstić information content (AvgIpc) is 2.52. The molecule has 2 aliphatic rings. The van der Waals surface area contributed by atoms with Gasteiger partial charge in [0.1, 0.15) is 11.4 Å². The molecule has 1 aromatic carbocycles. The molecule has 1 amide bonds. The van der Waals surface area contributed by atoms with Crippen molar-refractivity contribution in [2.24, 2.45) is 5.41 Å². The number of hydrogen-bond acceptors (Lipinski definition) is 4. The number of aromatic amines is 1. The van der Waals surface area contributed by atoms with Crippen LogP contribution in [0.3, 0.4) is 0 Å². The minimum absolute atomic E-state index is 0.00615. The lowest BCUT2D eigenvalue weighted by atomic mass is 9.74. The summed E-state index contributed by atoms with van der Waals surface area (Å²) in [5.41, 5.74) is 1.16. The fraction of sp³-hybridized carbons (Fsp3) is 0.312. The highest BCUT2D eigenvalue weighted by Crippen LogP contribution is 2.41. The first-order valence-corrected chi connectivity index (χ1v) is 7.20. The van der Waals surface area contributed by atoms with E-state index in [4.69, 9.17) is 4.74 Å². The number of likely N-dealkylation sites (tertiary alicyclic amines) is 1. The highest BCUT2D eigenvalue weighted by Gasteiger charge is 2.48. The van der Waals surface area contributed by atoms with Gasteiger partial charge in [-0.2, -0.15) is 0 Å². The van der Waals surface area contributed by atoms with Gasteiger partial charge in [-0.25, -0.2) is 4.98 Å². The standard InChI is InChI=1S/C16H15N3O3/c20-14-7-17-12(6-18-14)15(21)19-8-16(9-19)5-11-3-1-2-4-13(11)22-10-16/h1-4,6-7H,5,8-10H2,(H,18,20). The van der Waals surface area contributed by atoms with E-state index >= 15 is 0 Å². The fourth-order valence-corrected chi connectivity index (χ4v) is 3.21. The normalized spacial score (nSPS) is 18.3. The highest BCUT2D eigenvalue weighted by atomic mass is 16.5. The third-order valence-electron chi connectivity index (χ3n) is 4.30. The molecule has 0 saturated carbocycles. The molecule has 1 spiro atoms. The van der Waals surface area contributed by atoms with Crippen molar-refractivity contribution in [3.8, 4) is 5.75 Å². The van der Waals surface area contributed by atoms with Crippen molar-refractivity contribution >= 4 is 5.91 Å². The monoisotopic (exact) mass is 297 g/mol. The number of amides is 1. The molecule has 6 heteroatoms. The van der Waals surface area contributed by atoms with Crippen LogP contribution >= 0.6 is 0 Å². The fourth-order valence-electron chi connectivity index (χ4n) is 3.21. The van der Waals surface area contributed by atoms with Gasteiger partial charge in [0.15, 0.2) is 0 Å². The molecule has 1 saturated heterocycles. The van der Waals surface area contributed by atoms with Crippen LogP contribution in [0.4, 0.5) is 0 Å². The van der Waals surface area contributed by atoms with Crippen molar-refractivity contribution in [3.63, 3.8) is 0 Å². The van der Waals surface area contributed by atoms with Crippen LogP contribution in [0, 0.1) is 5.41 Å². The molecule has 2 aliphatic heterocycles. The first-order chi connectivity index (χ1) is 10.7. The van der Waals surface area contributed by atoms with Gasteiger partial charge in [-0.3, -0.25) is 9.59 Å². The predicted octanol–water partition coefficient (Wildman–Crippen LogP) is 0.847. The number of ether oxygens (including phenoxy) is 1. The number of carbonyl (C=O) groups is 1. The van der Waals surface area contributed by atoms with E-state index in [2.05, 4.69) is 16.0 Å². The molecule has 6 nitrogen and oxygen atoms in total. The summed E-state index contributed by atoms with van der Waals surface area (Å²) in [5.74, 6) is 0.793. The van der Waals surface area contributed by atoms with Gasteiger partial charge in [-0.15, -0.1) is 0 Å². The Morgan fingerprint density at radius 3 is 2.91 bits per heavy atom. The predicted molar refractivity (Wildman–Crippen MR) is 78.8 cm³/mol. The number of fused-ring (bicyclic) bond motifs is 1. The number of carbonyl (C=O) groups excluding carboxylic acids is 1. The lowest BCUT2D eigenvalue weighted by Crippen LogP contribution is -2.63. The van der Waals surface area contributed by atoms with Crippen molar-refractivity contribution in [1.82, 2.24) is 14.9 Å². The van der Waals surface area contributed by atoms with Crippen molar-refractivity contribution in [2.45, 2.75) is 6.42 Å². The van der Waals surface area contributed by atoms with Gasteiger partial charge in [0, 0.05) is 24.7 Å². The summed E-state index contributed by atoms with van der Waals surface area (Å²) >= 11 is 0. The van der Waals surface area contributed by atoms with Crippen molar-refractivity contribution < 1.29 is 9.53 Å². The Kier molecular flexibility index (Phi) is 2.79. The molecule has 0 bridgehead atoms. The van der Waals surface area contributed by atoms with Gasteiger partial charge < -0.3 is 14.6 Å². The molecule has 112 valence electrons. The molecular formula is C16H15N3O3. The second-order valence-corrected chi connectivity index (χ2v) is 6.03. The Bertz CT molecular complexity index is 773. The summed E-state index contributed by atoms with van der Waals surface area (Å²) in [4.78, 5) is 31.4. The van der Waals surface area contributed by atoms with Crippen LogP contribution in [0.25, 0.3) is 0 Å². The Balaban J connectivity index is 1.47. The number of benzene rings is 1. The Morgan fingerprint density at radius 2 is 2.14 bits per heavy atom. The Labute approximate surface area is 126 Å². The number of H-pyrrole nitrogens is 1. The lowest BCUT2D eigenvalue weighted by molar-refractivity contribution is -0.0294. The van der Waals surface area contributed by atoms with Gasteiger partial charge in [0.25, 0.3) is 11.5 Å². The molecule has 3 heterocycles. The van der Waals surface area contributed by atoms with Crippen molar-refractivity contribution in [3.05, 3.63) is 58.3 Å². The van der Waals surface area contributed by atoms with Gasteiger partial charge in [0.05, 0.1) is 12.8 Å². The van der Waals surface area contributed by atoms with E-state index in [1.165, 1.54) is 11.8 Å². The van der Waals surface area contributed by atoms with Gasteiger partial charge >= 0.3 is 0 Å². The summed E-state index contributed by atoms with van der Waals surface area (Å²) in [5, 5.41) is 0. The molecule has 1 N–H and O–H groups in total. The van der Waals surface area contributed by atoms with E-state index in [1.54, 1.807) is 4.90 Å². The molecule has 4 rings (SSSR count). The molecule has 1 aromatic heterocycles. The quantitative estimate of drug-likeness (QED) is 0.846. The number of nitrogens with zero attached hydrogens (tertiary/aromatic N) is 2. The summed E-state index contributed by atoms with van der Waals surface area (Å²) in [6, 6.07) is 8.03.